The van der Waals surface area contributed by atoms with Crippen molar-refractivity contribution in [3.05, 3.63) is 35.4 Å². The van der Waals surface area contributed by atoms with Crippen molar-refractivity contribution in [1.82, 2.24) is 10.2 Å². The fourth-order valence-electron chi connectivity index (χ4n) is 2.13. The van der Waals surface area contributed by atoms with Crippen LogP contribution in [0.5, 0.6) is 0 Å². The van der Waals surface area contributed by atoms with Crippen LogP contribution in [0, 0.1) is 11.6 Å². The van der Waals surface area contributed by atoms with Gasteiger partial charge in [-0.15, -0.1) is 0 Å². The molecule has 0 saturated carbocycles. The largest absolute Gasteiger partial charge is 0.374 e. The summed E-state index contributed by atoms with van der Waals surface area (Å²) in [5.41, 5.74) is -0.188. The van der Waals surface area contributed by atoms with Crippen molar-refractivity contribution in [3.8, 4) is 0 Å². The molecule has 1 heterocycles. The zero-order valence-electron chi connectivity index (χ0n) is 11.4. The van der Waals surface area contributed by atoms with E-state index in [-0.39, 0.29) is 24.0 Å². The number of rotatable bonds is 4. The Kier molecular flexibility index (Phi) is 5.03. The molecule has 0 radical (unpaired) electrons. The molecule has 1 atom stereocenters. The molecular weight excluding hydrogens is 266 g/mol. The minimum Gasteiger partial charge on any atom is -0.374 e. The molecule has 1 unspecified atom stereocenters. The minimum atomic E-state index is -0.692. The van der Waals surface area contributed by atoms with Crippen molar-refractivity contribution in [2.24, 2.45) is 0 Å². The molecule has 1 fully saturated rings. The van der Waals surface area contributed by atoms with Gasteiger partial charge >= 0.3 is 0 Å². The molecule has 1 saturated heterocycles. The third kappa shape index (κ3) is 3.74. The van der Waals surface area contributed by atoms with E-state index >= 15 is 0 Å². The molecule has 1 N–H and O–H groups in total. The summed E-state index contributed by atoms with van der Waals surface area (Å²) in [6.45, 7) is 2.48. The highest BCUT2D eigenvalue weighted by molar-refractivity contribution is 5.78. The summed E-state index contributed by atoms with van der Waals surface area (Å²) in [5, 5.41) is 3.16. The van der Waals surface area contributed by atoms with Gasteiger partial charge < -0.3 is 15.0 Å². The van der Waals surface area contributed by atoms with Crippen LogP contribution in [-0.4, -0.2) is 50.2 Å². The van der Waals surface area contributed by atoms with Crippen LogP contribution >= 0.6 is 0 Å². The van der Waals surface area contributed by atoms with Crippen molar-refractivity contribution in [3.63, 3.8) is 0 Å². The Hall–Kier alpha value is -1.53. The van der Waals surface area contributed by atoms with Crippen LogP contribution in [-0.2, 0) is 16.0 Å². The lowest BCUT2D eigenvalue weighted by atomic mass is 10.1. The number of morpholine rings is 1. The molecule has 0 aromatic heterocycles. The van der Waals surface area contributed by atoms with E-state index in [1.165, 1.54) is 11.0 Å². The van der Waals surface area contributed by atoms with Crippen LogP contribution < -0.4 is 5.32 Å². The normalized spacial score (nSPS) is 18.9. The smallest absolute Gasteiger partial charge is 0.227 e. The van der Waals surface area contributed by atoms with E-state index in [9.17, 15) is 13.6 Å². The predicted octanol–water partition coefficient (Wildman–Crippen LogP) is 0.954. The number of halogens is 2. The van der Waals surface area contributed by atoms with Gasteiger partial charge in [0.05, 0.1) is 19.1 Å². The maximum Gasteiger partial charge on any atom is 0.227 e. The maximum atomic E-state index is 13.5. The Morgan fingerprint density at radius 2 is 2.15 bits per heavy atom. The standard InChI is InChI=1S/C14H18F2N2O2/c1-18(9-10-8-17-5-6-20-10)14(19)7-11-12(15)3-2-4-13(11)16/h2-4,10,17H,5-9H2,1H3. The molecule has 1 aromatic rings. The third-order valence-corrected chi connectivity index (χ3v) is 3.30. The summed E-state index contributed by atoms with van der Waals surface area (Å²) >= 11 is 0. The number of carbonyl (C=O) groups excluding carboxylic acids is 1. The van der Waals surface area contributed by atoms with Crippen LogP contribution in [0.15, 0.2) is 18.2 Å². The van der Waals surface area contributed by atoms with Gasteiger partial charge in [0.15, 0.2) is 0 Å². The van der Waals surface area contributed by atoms with E-state index in [1.54, 1.807) is 7.05 Å². The van der Waals surface area contributed by atoms with Crippen LogP contribution in [0.25, 0.3) is 0 Å². The van der Waals surface area contributed by atoms with Crippen LogP contribution in [0.4, 0.5) is 8.78 Å². The summed E-state index contributed by atoms with van der Waals surface area (Å²) < 4.78 is 32.5. The minimum absolute atomic E-state index is 0.0804. The Balaban J connectivity index is 1.93. The second-order valence-electron chi connectivity index (χ2n) is 4.85. The summed E-state index contributed by atoms with van der Waals surface area (Å²) in [7, 11) is 1.61. The molecular formula is C14H18F2N2O2. The molecule has 6 heteroatoms. The van der Waals surface area contributed by atoms with Gasteiger partial charge in [0.2, 0.25) is 5.91 Å². The first kappa shape index (κ1) is 14.9. The van der Waals surface area contributed by atoms with E-state index < -0.39 is 11.6 Å². The van der Waals surface area contributed by atoms with Gasteiger partial charge in [0, 0.05) is 32.2 Å². The first-order chi connectivity index (χ1) is 9.58. The van der Waals surface area contributed by atoms with Crippen molar-refractivity contribution >= 4 is 5.91 Å². The number of nitrogens with zero attached hydrogens (tertiary/aromatic N) is 1. The van der Waals surface area contributed by atoms with Crippen LogP contribution in [0.3, 0.4) is 0 Å². The van der Waals surface area contributed by atoms with Gasteiger partial charge in [-0.1, -0.05) is 6.07 Å². The molecule has 110 valence electrons. The molecule has 1 amide bonds. The quantitative estimate of drug-likeness (QED) is 0.895. The lowest BCUT2D eigenvalue weighted by molar-refractivity contribution is -0.131. The summed E-state index contributed by atoms with van der Waals surface area (Å²) in [4.78, 5) is 13.5. The molecule has 1 aliphatic rings. The van der Waals surface area contributed by atoms with Gasteiger partial charge in [-0.3, -0.25) is 4.79 Å². The number of carbonyl (C=O) groups is 1. The number of benzene rings is 1. The lowest BCUT2D eigenvalue weighted by Crippen LogP contribution is -2.46. The highest BCUT2D eigenvalue weighted by Crippen LogP contribution is 2.13. The second-order valence-corrected chi connectivity index (χ2v) is 4.85. The summed E-state index contributed by atoms with van der Waals surface area (Å²) in [6, 6.07) is 3.59. The Morgan fingerprint density at radius 1 is 1.45 bits per heavy atom. The Bertz CT molecular complexity index is 456. The lowest BCUT2D eigenvalue weighted by Gasteiger charge is -2.28. The number of amides is 1. The van der Waals surface area contributed by atoms with E-state index in [0.717, 1.165) is 18.7 Å². The average Bonchev–Trinajstić information content (AvgIpc) is 2.44. The van der Waals surface area contributed by atoms with Gasteiger partial charge in [-0.25, -0.2) is 8.78 Å². The first-order valence-electron chi connectivity index (χ1n) is 6.57. The number of ether oxygens (including phenoxy) is 1. The maximum absolute atomic E-state index is 13.5. The van der Waals surface area contributed by atoms with Gasteiger partial charge in [-0.05, 0) is 12.1 Å². The average molecular weight is 284 g/mol. The fourth-order valence-corrected chi connectivity index (χ4v) is 2.13. The number of hydrogen-bond acceptors (Lipinski definition) is 3. The first-order valence-corrected chi connectivity index (χ1v) is 6.57. The number of nitrogens with one attached hydrogen (secondary N) is 1. The van der Waals surface area contributed by atoms with E-state index in [1.807, 2.05) is 0 Å². The molecule has 4 nitrogen and oxygen atoms in total. The van der Waals surface area contributed by atoms with Crippen LogP contribution in [0.1, 0.15) is 5.56 Å². The van der Waals surface area contributed by atoms with Crippen molar-refractivity contribution in [2.75, 3.05) is 33.3 Å². The summed E-state index contributed by atoms with van der Waals surface area (Å²) in [5.74, 6) is -1.71. The van der Waals surface area contributed by atoms with Gasteiger partial charge in [-0.2, -0.15) is 0 Å². The molecule has 2 rings (SSSR count). The number of likely N-dealkylation sites (N-methyl/N-ethyl adjacent to an activating group) is 1. The predicted molar refractivity (Wildman–Crippen MR) is 70.3 cm³/mol. The highest BCUT2D eigenvalue weighted by Gasteiger charge is 2.20. The third-order valence-electron chi connectivity index (χ3n) is 3.30. The van der Waals surface area contributed by atoms with E-state index in [2.05, 4.69) is 5.32 Å². The molecule has 0 bridgehead atoms. The molecule has 1 aromatic carbocycles. The summed E-state index contributed by atoms with van der Waals surface area (Å²) in [6.07, 6.45) is -0.363. The van der Waals surface area contributed by atoms with Gasteiger partial charge in [0.1, 0.15) is 11.6 Å². The zero-order valence-corrected chi connectivity index (χ0v) is 11.4. The molecule has 0 spiro atoms. The Morgan fingerprint density at radius 3 is 2.75 bits per heavy atom. The molecule has 1 aliphatic heterocycles. The van der Waals surface area contributed by atoms with E-state index in [0.29, 0.717) is 19.7 Å². The van der Waals surface area contributed by atoms with E-state index in [4.69, 9.17) is 4.74 Å². The van der Waals surface area contributed by atoms with Crippen molar-refractivity contribution < 1.29 is 18.3 Å². The SMILES string of the molecule is CN(CC1CNCCO1)C(=O)Cc1c(F)cccc1F. The van der Waals surface area contributed by atoms with Crippen molar-refractivity contribution in [1.29, 1.82) is 0 Å². The van der Waals surface area contributed by atoms with Crippen molar-refractivity contribution in [2.45, 2.75) is 12.5 Å². The van der Waals surface area contributed by atoms with Crippen LogP contribution in [0.2, 0.25) is 0 Å². The highest BCUT2D eigenvalue weighted by atomic mass is 19.1. The number of hydrogen-bond donors (Lipinski definition) is 1. The Labute approximate surface area is 116 Å². The van der Waals surface area contributed by atoms with Gasteiger partial charge in [0.25, 0.3) is 0 Å². The monoisotopic (exact) mass is 284 g/mol. The fraction of sp³-hybridized carbons (Fsp3) is 0.500. The molecule has 20 heavy (non-hydrogen) atoms. The second kappa shape index (κ2) is 6.76. The molecule has 0 aliphatic carbocycles. The zero-order chi connectivity index (χ0) is 14.5. The topological polar surface area (TPSA) is 41.6 Å².